The number of amides is 1. The molecule has 0 radical (unpaired) electrons. The largest absolute Gasteiger partial charge is 0.463 e. The number of nitrogens with one attached hydrogen (secondary N) is 1. The van der Waals surface area contributed by atoms with Crippen molar-refractivity contribution in [3.63, 3.8) is 0 Å². The number of hydrogen-bond acceptors (Lipinski definition) is 4. The molecule has 0 spiro atoms. The van der Waals surface area contributed by atoms with Crippen LogP contribution in [0.3, 0.4) is 0 Å². The Labute approximate surface area is 171 Å². The van der Waals surface area contributed by atoms with Crippen LogP contribution in [0.1, 0.15) is 33.6 Å². The minimum atomic E-state index is -0.0521. The molecule has 0 unspecified atom stereocenters. The number of hydrogen-bond donors (Lipinski definition) is 1. The normalized spacial score (nSPS) is 15.1. The van der Waals surface area contributed by atoms with Gasteiger partial charge >= 0.3 is 0 Å². The second-order valence-electron chi connectivity index (χ2n) is 7.78. The molecule has 0 aliphatic carbocycles. The van der Waals surface area contributed by atoms with Crippen LogP contribution in [-0.4, -0.2) is 54.8 Å². The van der Waals surface area contributed by atoms with E-state index in [0.29, 0.717) is 18.8 Å². The zero-order valence-electron chi connectivity index (χ0n) is 17.2. The van der Waals surface area contributed by atoms with Gasteiger partial charge in [0.05, 0.1) is 25.0 Å². The number of fused-ring (bicyclic) bond motifs is 1. The predicted molar refractivity (Wildman–Crippen MR) is 113 cm³/mol. The zero-order chi connectivity index (χ0) is 20.2. The maximum atomic E-state index is 12.9. The minimum Gasteiger partial charge on any atom is -0.463 e. The van der Waals surface area contributed by atoms with Crippen molar-refractivity contribution in [1.29, 1.82) is 0 Å². The highest BCUT2D eigenvalue weighted by atomic mass is 16.5. The number of furan rings is 1. The second-order valence-corrected chi connectivity index (χ2v) is 7.78. The average Bonchev–Trinajstić information content (AvgIpc) is 3.31. The summed E-state index contributed by atoms with van der Waals surface area (Å²) in [6.07, 6.45) is 2.60. The first-order valence-corrected chi connectivity index (χ1v) is 10.3. The Morgan fingerprint density at radius 2 is 1.97 bits per heavy atom. The quantitative estimate of drug-likeness (QED) is 0.624. The fourth-order valence-corrected chi connectivity index (χ4v) is 3.90. The van der Waals surface area contributed by atoms with Gasteiger partial charge in [-0.3, -0.25) is 9.69 Å². The van der Waals surface area contributed by atoms with E-state index in [-0.39, 0.29) is 5.91 Å². The van der Waals surface area contributed by atoms with Crippen LogP contribution in [0.25, 0.3) is 11.1 Å². The van der Waals surface area contributed by atoms with E-state index in [9.17, 15) is 4.79 Å². The Morgan fingerprint density at radius 3 is 2.79 bits per heavy atom. The summed E-state index contributed by atoms with van der Waals surface area (Å²) >= 11 is 0. The summed E-state index contributed by atoms with van der Waals surface area (Å²) in [6.45, 7) is 10.0. The molecule has 29 heavy (non-hydrogen) atoms. The Morgan fingerprint density at radius 1 is 1.14 bits per heavy atom. The van der Waals surface area contributed by atoms with Gasteiger partial charge in [0.2, 0.25) is 0 Å². The molecule has 4 rings (SSSR count). The molecule has 3 aromatic rings. The number of rotatable bonds is 7. The van der Waals surface area contributed by atoms with Crippen LogP contribution in [0.2, 0.25) is 0 Å². The van der Waals surface area contributed by atoms with Crippen LogP contribution in [0, 0.1) is 13.8 Å². The lowest BCUT2D eigenvalue weighted by molar-refractivity contribution is 0.0374. The van der Waals surface area contributed by atoms with Crippen LogP contribution in [0.4, 0.5) is 0 Å². The fourth-order valence-electron chi connectivity index (χ4n) is 3.90. The first-order chi connectivity index (χ1) is 14.1. The third kappa shape index (κ3) is 4.54. The summed E-state index contributed by atoms with van der Waals surface area (Å²) in [7, 11) is 0. The summed E-state index contributed by atoms with van der Waals surface area (Å²) in [4.78, 5) is 15.3. The van der Waals surface area contributed by atoms with Crippen molar-refractivity contribution in [3.05, 3.63) is 59.0 Å². The van der Waals surface area contributed by atoms with Crippen molar-refractivity contribution < 1.29 is 13.9 Å². The number of carbonyl (C=O) groups excluding carboxylic acids is 1. The molecular formula is C23H29N3O3. The second kappa shape index (κ2) is 8.84. The number of aryl methyl sites for hydroxylation is 2. The highest BCUT2D eigenvalue weighted by molar-refractivity contribution is 5.97. The Kier molecular flexibility index (Phi) is 6.02. The number of morpholine rings is 1. The molecule has 0 saturated carbocycles. The average molecular weight is 396 g/mol. The SMILES string of the molecule is Cc1ccc(C)c(Cn2c(C(=O)NCCCN3CCOCC3)cc3occc32)c1. The fraction of sp³-hybridized carbons (Fsp3) is 0.435. The molecule has 1 saturated heterocycles. The van der Waals surface area contributed by atoms with Crippen molar-refractivity contribution >= 4 is 17.0 Å². The Hall–Kier alpha value is -2.57. The lowest BCUT2D eigenvalue weighted by atomic mass is 10.1. The lowest BCUT2D eigenvalue weighted by Gasteiger charge is -2.26. The monoisotopic (exact) mass is 395 g/mol. The predicted octanol–water partition coefficient (Wildman–Crippen LogP) is 3.35. The molecule has 154 valence electrons. The molecule has 0 bridgehead atoms. The van der Waals surface area contributed by atoms with E-state index >= 15 is 0 Å². The van der Waals surface area contributed by atoms with E-state index in [0.717, 1.165) is 50.4 Å². The molecule has 1 aromatic carbocycles. The molecule has 1 fully saturated rings. The van der Waals surface area contributed by atoms with Crippen molar-refractivity contribution in [2.45, 2.75) is 26.8 Å². The molecule has 3 heterocycles. The number of nitrogens with zero attached hydrogens (tertiary/aromatic N) is 2. The summed E-state index contributed by atoms with van der Waals surface area (Å²) in [6, 6.07) is 10.2. The maximum absolute atomic E-state index is 12.9. The van der Waals surface area contributed by atoms with Crippen LogP contribution >= 0.6 is 0 Å². The number of benzene rings is 1. The van der Waals surface area contributed by atoms with Gasteiger partial charge in [0.25, 0.3) is 5.91 Å². The van der Waals surface area contributed by atoms with Crippen molar-refractivity contribution in [2.24, 2.45) is 0 Å². The van der Waals surface area contributed by atoms with Gasteiger partial charge in [-0.05, 0) is 37.9 Å². The number of aromatic nitrogens is 1. The van der Waals surface area contributed by atoms with Crippen LogP contribution in [0.15, 0.2) is 41.0 Å². The topological polar surface area (TPSA) is 59.6 Å². The Bertz CT molecular complexity index is 983. The molecule has 0 atom stereocenters. The highest BCUT2D eigenvalue weighted by Crippen LogP contribution is 2.24. The van der Waals surface area contributed by atoms with Gasteiger partial charge in [-0.15, -0.1) is 0 Å². The van der Waals surface area contributed by atoms with Crippen LogP contribution < -0.4 is 5.32 Å². The molecule has 1 amide bonds. The molecule has 1 aliphatic rings. The summed E-state index contributed by atoms with van der Waals surface area (Å²) in [5, 5.41) is 3.08. The van der Waals surface area contributed by atoms with Gasteiger partial charge < -0.3 is 19.0 Å². The smallest absolute Gasteiger partial charge is 0.268 e. The van der Waals surface area contributed by atoms with E-state index in [1.54, 1.807) is 6.26 Å². The van der Waals surface area contributed by atoms with Gasteiger partial charge in [0.15, 0.2) is 5.58 Å². The van der Waals surface area contributed by atoms with Gasteiger partial charge in [-0.25, -0.2) is 0 Å². The Balaban J connectivity index is 1.45. The van der Waals surface area contributed by atoms with Crippen LogP contribution in [-0.2, 0) is 11.3 Å². The van der Waals surface area contributed by atoms with E-state index in [1.807, 2.05) is 12.1 Å². The van der Waals surface area contributed by atoms with E-state index in [1.165, 1.54) is 16.7 Å². The van der Waals surface area contributed by atoms with Crippen molar-refractivity contribution in [3.8, 4) is 0 Å². The van der Waals surface area contributed by atoms with Gasteiger partial charge in [0, 0.05) is 38.3 Å². The van der Waals surface area contributed by atoms with Crippen molar-refractivity contribution in [2.75, 3.05) is 39.4 Å². The van der Waals surface area contributed by atoms with Crippen LogP contribution in [0.5, 0.6) is 0 Å². The molecule has 1 aliphatic heterocycles. The molecule has 6 nitrogen and oxygen atoms in total. The van der Waals surface area contributed by atoms with Gasteiger partial charge in [-0.1, -0.05) is 23.8 Å². The summed E-state index contributed by atoms with van der Waals surface area (Å²) < 4.78 is 13.0. The molecule has 6 heteroatoms. The third-order valence-corrected chi connectivity index (χ3v) is 5.63. The third-order valence-electron chi connectivity index (χ3n) is 5.63. The molecular weight excluding hydrogens is 366 g/mol. The van der Waals surface area contributed by atoms with Crippen molar-refractivity contribution in [1.82, 2.24) is 14.8 Å². The lowest BCUT2D eigenvalue weighted by Crippen LogP contribution is -2.38. The highest BCUT2D eigenvalue weighted by Gasteiger charge is 2.18. The van der Waals surface area contributed by atoms with E-state index < -0.39 is 0 Å². The van der Waals surface area contributed by atoms with E-state index in [2.05, 4.69) is 46.8 Å². The maximum Gasteiger partial charge on any atom is 0.268 e. The van der Waals surface area contributed by atoms with Gasteiger partial charge in [-0.2, -0.15) is 0 Å². The standard InChI is InChI=1S/C23H29N3O3/c1-17-4-5-18(2)19(14-17)16-26-20-6-11-29-22(20)15-21(26)23(27)24-7-3-8-25-9-12-28-13-10-25/h4-6,11,14-15H,3,7-10,12-13,16H2,1-2H3,(H,24,27). The van der Waals surface area contributed by atoms with E-state index in [4.69, 9.17) is 9.15 Å². The molecule has 1 N–H and O–H groups in total. The minimum absolute atomic E-state index is 0.0521. The molecule has 2 aromatic heterocycles. The summed E-state index contributed by atoms with van der Waals surface area (Å²) in [5.74, 6) is -0.0521. The summed E-state index contributed by atoms with van der Waals surface area (Å²) in [5.41, 5.74) is 5.99. The number of ether oxygens (including phenoxy) is 1. The first-order valence-electron chi connectivity index (χ1n) is 10.3. The zero-order valence-corrected chi connectivity index (χ0v) is 17.2. The number of carbonyl (C=O) groups is 1. The van der Waals surface area contributed by atoms with Gasteiger partial charge in [0.1, 0.15) is 5.69 Å². The first kappa shape index (κ1) is 19.7.